The van der Waals surface area contributed by atoms with Crippen molar-refractivity contribution in [1.82, 2.24) is 9.78 Å². The van der Waals surface area contributed by atoms with E-state index in [4.69, 9.17) is 0 Å². The van der Waals surface area contributed by atoms with Crippen LogP contribution in [-0.4, -0.2) is 16.3 Å². The minimum absolute atomic E-state index is 0.207. The van der Waals surface area contributed by atoms with Gasteiger partial charge in [0.25, 0.3) is 0 Å². The SMILES string of the molecule is Cc1cnn(CCNc2c(C)cccc2F)c1. The number of rotatable bonds is 4. The molecule has 0 aliphatic carbocycles. The second kappa shape index (κ2) is 4.99. The fourth-order valence-electron chi connectivity index (χ4n) is 1.74. The molecule has 0 saturated heterocycles. The highest BCUT2D eigenvalue weighted by Gasteiger charge is 2.03. The molecule has 4 heteroatoms. The first kappa shape index (κ1) is 11.6. The third kappa shape index (κ3) is 2.84. The Morgan fingerprint density at radius 2 is 2.18 bits per heavy atom. The average Bonchev–Trinajstić information content (AvgIpc) is 2.69. The molecule has 0 fully saturated rings. The monoisotopic (exact) mass is 233 g/mol. The number of para-hydroxylation sites is 1. The summed E-state index contributed by atoms with van der Waals surface area (Å²) >= 11 is 0. The second-order valence-corrected chi connectivity index (χ2v) is 4.14. The van der Waals surface area contributed by atoms with Crippen LogP contribution in [0.4, 0.5) is 10.1 Å². The summed E-state index contributed by atoms with van der Waals surface area (Å²) in [5.74, 6) is -0.207. The summed E-state index contributed by atoms with van der Waals surface area (Å²) in [7, 11) is 0. The Kier molecular flexibility index (Phi) is 3.42. The van der Waals surface area contributed by atoms with Crippen LogP contribution in [0.3, 0.4) is 0 Å². The molecular formula is C13H16FN3. The minimum Gasteiger partial charge on any atom is -0.381 e. The van der Waals surface area contributed by atoms with Gasteiger partial charge in [-0.1, -0.05) is 12.1 Å². The van der Waals surface area contributed by atoms with Crippen molar-refractivity contribution in [2.45, 2.75) is 20.4 Å². The number of aryl methyl sites for hydroxylation is 2. The van der Waals surface area contributed by atoms with Gasteiger partial charge in [-0.05, 0) is 31.0 Å². The number of hydrogen-bond acceptors (Lipinski definition) is 2. The lowest BCUT2D eigenvalue weighted by Crippen LogP contribution is -2.12. The molecule has 0 atom stereocenters. The maximum atomic E-state index is 13.5. The Morgan fingerprint density at radius 3 is 2.82 bits per heavy atom. The predicted molar refractivity (Wildman–Crippen MR) is 66.6 cm³/mol. The van der Waals surface area contributed by atoms with Crippen LogP contribution in [0.15, 0.2) is 30.6 Å². The van der Waals surface area contributed by atoms with Crippen molar-refractivity contribution in [3.63, 3.8) is 0 Å². The Balaban J connectivity index is 1.94. The maximum Gasteiger partial charge on any atom is 0.146 e. The highest BCUT2D eigenvalue weighted by atomic mass is 19.1. The standard InChI is InChI=1S/C13H16FN3/c1-10-8-16-17(9-10)7-6-15-13-11(2)4-3-5-12(13)14/h3-5,8-9,15H,6-7H2,1-2H3. The van der Waals surface area contributed by atoms with Gasteiger partial charge in [0.1, 0.15) is 5.82 Å². The molecule has 0 saturated carbocycles. The number of benzene rings is 1. The largest absolute Gasteiger partial charge is 0.381 e. The zero-order chi connectivity index (χ0) is 12.3. The fraction of sp³-hybridized carbons (Fsp3) is 0.308. The second-order valence-electron chi connectivity index (χ2n) is 4.14. The number of nitrogens with zero attached hydrogens (tertiary/aromatic N) is 2. The highest BCUT2D eigenvalue weighted by Crippen LogP contribution is 2.18. The summed E-state index contributed by atoms with van der Waals surface area (Å²) < 4.78 is 15.3. The molecule has 0 aliphatic rings. The van der Waals surface area contributed by atoms with Crippen molar-refractivity contribution < 1.29 is 4.39 Å². The van der Waals surface area contributed by atoms with Crippen molar-refractivity contribution in [3.05, 3.63) is 47.5 Å². The van der Waals surface area contributed by atoms with E-state index in [1.165, 1.54) is 6.07 Å². The van der Waals surface area contributed by atoms with Crippen LogP contribution in [0.2, 0.25) is 0 Å². The van der Waals surface area contributed by atoms with Crippen LogP contribution in [0.5, 0.6) is 0 Å². The van der Waals surface area contributed by atoms with E-state index in [-0.39, 0.29) is 5.82 Å². The quantitative estimate of drug-likeness (QED) is 0.880. The van der Waals surface area contributed by atoms with Gasteiger partial charge in [0.15, 0.2) is 0 Å². The molecule has 2 aromatic rings. The van der Waals surface area contributed by atoms with Crippen molar-refractivity contribution in [3.8, 4) is 0 Å². The third-order valence-corrected chi connectivity index (χ3v) is 2.63. The topological polar surface area (TPSA) is 29.9 Å². The zero-order valence-corrected chi connectivity index (χ0v) is 10.1. The van der Waals surface area contributed by atoms with E-state index in [1.54, 1.807) is 6.07 Å². The van der Waals surface area contributed by atoms with Crippen molar-refractivity contribution >= 4 is 5.69 Å². The molecule has 0 bridgehead atoms. The van der Waals surface area contributed by atoms with Crippen LogP contribution < -0.4 is 5.32 Å². The van der Waals surface area contributed by atoms with E-state index in [9.17, 15) is 4.39 Å². The van der Waals surface area contributed by atoms with Crippen LogP contribution in [0.1, 0.15) is 11.1 Å². The van der Waals surface area contributed by atoms with Gasteiger partial charge >= 0.3 is 0 Å². The number of halogens is 1. The number of aromatic nitrogens is 2. The first-order valence-electron chi connectivity index (χ1n) is 5.65. The first-order valence-corrected chi connectivity index (χ1v) is 5.65. The van der Waals surface area contributed by atoms with Gasteiger partial charge in [0.2, 0.25) is 0 Å². The number of hydrogen-bond donors (Lipinski definition) is 1. The Morgan fingerprint density at radius 1 is 1.35 bits per heavy atom. The van der Waals surface area contributed by atoms with Crippen LogP contribution in [0, 0.1) is 19.7 Å². The van der Waals surface area contributed by atoms with Crippen LogP contribution in [-0.2, 0) is 6.54 Å². The summed E-state index contributed by atoms with van der Waals surface area (Å²) in [5.41, 5.74) is 2.63. The van der Waals surface area contributed by atoms with Gasteiger partial charge in [-0.2, -0.15) is 5.10 Å². The Labute approximate surface area is 100 Å². The van der Waals surface area contributed by atoms with Crippen molar-refractivity contribution in [2.75, 3.05) is 11.9 Å². The van der Waals surface area contributed by atoms with E-state index in [1.807, 2.05) is 37.0 Å². The lowest BCUT2D eigenvalue weighted by molar-refractivity contribution is 0.616. The van der Waals surface area contributed by atoms with Gasteiger partial charge in [-0.15, -0.1) is 0 Å². The molecule has 0 aliphatic heterocycles. The summed E-state index contributed by atoms with van der Waals surface area (Å²) in [6.07, 6.45) is 3.78. The number of anilines is 1. The van der Waals surface area contributed by atoms with E-state index < -0.39 is 0 Å². The van der Waals surface area contributed by atoms with E-state index in [2.05, 4.69) is 10.4 Å². The fourth-order valence-corrected chi connectivity index (χ4v) is 1.74. The summed E-state index contributed by atoms with van der Waals surface area (Å²) in [4.78, 5) is 0. The average molecular weight is 233 g/mol. The highest BCUT2D eigenvalue weighted by molar-refractivity contribution is 5.51. The summed E-state index contributed by atoms with van der Waals surface area (Å²) in [6.45, 7) is 5.27. The molecule has 0 spiro atoms. The smallest absolute Gasteiger partial charge is 0.146 e. The molecular weight excluding hydrogens is 217 g/mol. The third-order valence-electron chi connectivity index (χ3n) is 2.63. The van der Waals surface area contributed by atoms with Gasteiger partial charge in [0.05, 0.1) is 18.4 Å². The maximum absolute atomic E-state index is 13.5. The normalized spacial score (nSPS) is 10.5. The number of nitrogens with one attached hydrogen (secondary N) is 1. The molecule has 90 valence electrons. The van der Waals surface area contributed by atoms with Crippen molar-refractivity contribution in [2.24, 2.45) is 0 Å². The Hall–Kier alpha value is -1.84. The molecule has 1 N–H and O–H groups in total. The van der Waals surface area contributed by atoms with E-state index >= 15 is 0 Å². The lowest BCUT2D eigenvalue weighted by Gasteiger charge is -2.10. The summed E-state index contributed by atoms with van der Waals surface area (Å²) in [5, 5.41) is 7.28. The molecule has 1 heterocycles. The van der Waals surface area contributed by atoms with Crippen LogP contribution in [0.25, 0.3) is 0 Å². The van der Waals surface area contributed by atoms with E-state index in [0.717, 1.165) is 17.7 Å². The molecule has 2 rings (SSSR count). The molecule has 1 aromatic heterocycles. The van der Waals surface area contributed by atoms with Gasteiger partial charge in [0, 0.05) is 12.7 Å². The molecule has 0 amide bonds. The van der Waals surface area contributed by atoms with Crippen LogP contribution >= 0.6 is 0 Å². The molecule has 3 nitrogen and oxygen atoms in total. The zero-order valence-electron chi connectivity index (χ0n) is 10.1. The lowest BCUT2D eigenvalue weighted by atomic mass is 10.2. The van der Waals surface area contributed by atoms with E-state index in [0.29, 0.717) is 12.2 Å². The molecule has 0 radical (unpaired) electrons. The minimum atomic E-state index is -0.207. The van der Waals surface area contributed by atoms with Gasteiger partial charge in [-0.3, -0.25) is 4.68 Å². The Bertz CT molecular complexity index is 485. The predicted octanol–water partition coefficient (Wildman–Crippen LogP) is 2.75. The van der Waals surface area contributed by atoms with Crippen molar-refractivity contribution in [1.29, 1.82) is 0 Å². The van der Waals surface area contributed by atoms with Gasteiger partial charge < -0.3 is 5.32 Å². The molecule has 1 aromatic carbocycles. The summed E-state index contributed by atoms with van der Waals surface area (Å²) in [6, 6.07) is 5.07. The molecule has 0 unspecified atom stereocenters. The molecule has 17 heavy (non-hydrogen) atoms. The first-order chi connectivity index (χ1) is 8.16. The van der Waals surface area contributed by atoms with Gasteiger partial charge in [-0.25, -0.2) is 4.39 Å².